The summed E-state index contributed by atoms with van der Waals surface area (Å²) in [6, 6.07) is 7.11. The number of hydrogen-bond donors (Lipinski definition) is 2. The van der Waals surface area contributed by atoms with Gasteiger partial charge in [0.15, 0.2) is 21.3 Å². The average Bonchev–Trinajstić information content (AvgIpc) is 2.92. The van der Waals surface area contributed by atoms with Crippen LogP contribution in [0.15, 0.2) is 24.3 Å². The van der Waals surface area contributed by atoms with Crippen LogP contribution < -0.4 is 20.1 Å². The lowest BCUT2D eigenvalue weighted by molar-refractivity contribution is 0.355. The van der Waals surface area contributed by atoms with E-state index >= 15 is 0 Å². The summed E-state index contributed by atoms with van der Waals surface area (Å²) in [6.07, 6.45) is 0.587. The third-order valence-corrected chi connectivity index (χ3v) is 5.85. The fraction of sp³-hybridized carbons (Fsp3) is 0.412. The lowest BCUT2D eigenvalue weighted by atomic mass is 10.2. The van der Waals surface area contributed by atoms with Gasteiger partial charge in [-0.25, -0.2) is 18.4 Å². The molecule has 26 heavy (non-hydrogen) atoms. The first-order valence-corrected chi connectivity index (χ1v) is 10.0. The molecule has 8 nitrogen and oxygen atoms in total. The Morgan fingerprint density at radius 1 is 1.08 bits per heavy atom. The van der Waals surface area contributed by atoms with Gasteiger partial charge in [0, 0.05) is 23.9 Å². The van der Waals surface area contributed by atoms with Gasteiger partial charge in [0.1, 0.15) is 17.5 Å². The number of methoxy groups -OCH3 is 2. The third-order valence-electron chi connectivity index (χ3n) is 4.08. The molecule has 0 saturated carbocycles. The maximum atomic E-state index is 11.6. The monoisotopic (exact) mass is 378 g/mol. The van der Waals surface area contributed by atoms with Crippen LogP contribution in [-0.2, 0) is 9.84 Å². The van der Waals surface area contributed by atoms with Crippen LogP contribution in [0.4, 0.5) is 17.3 Å². The second-order valence-corrected chi connectivity index (χ2v) is 8.35. The molecule has 0 aliphatic carbocycles. The van der Waals surface area contributed by atoms with Crippen molar-refractivity contribution >= 4 is 27.2 Å². The summed E-state index contributed by atoms with van der Waals surface area (Å²) < 4.78 is 33.8. The second kappa shape index (κ2) is 7.36. The van der Waals surface area contributed by atoms with Gasteiger partial charge < -0.3 is 20.1 Å². The van der Waals surface area contributed by atoms with Crippen molar-refractivity contribution in [2.24, 2.45) is 0 Å². The summed E-state index contributed by atoms with van der Waals surface area (Å²) in [4.78, 5) is 8.72. The van der Waals surface area contributed by atoms with Crippen molar-refractivity contribution in [3.63, 3.8) is 0 Å². The van der Waals surface area contributed by atoms with Crippen molar-refractivity contribution < 1.29 is 17.9 Å². The average molecular weight is 378 g/mol. The molecule has 1 aliphatic rings. The minimum absolute atomic E-state index is 0.122. The lowest BCUT2D eigenvalue weighted by Crippen LogP contribution is -2.21. The number of anilines is 3. The van der Waals surface area contributed by atoms with Crippen LogP contribution in [0, 0.1) is 6.92 Å². The molecule has 140 valence electrons. The van der Waals surface area contributed by atoms with Crippen molar-refractivity contribution in [1.29, 1.82) is 0 Å². The van der Waals surface area contributed by atoms with Crippen LogP contribution in [0.25, 0.3) is 0 Å². The van der Waals surface area contributed by atoms with Crippen LogP contribution in [0.2, 0.25) is 0 Å². The van der Waals surface area contributed by atoms with E-state index in [1.807, 2.05) is 12.1 Å². The van der Waals surface area contributed by atoms with Crippen LogP contribution in [0.5, 0.6) is 11.5 Å². The number of ether oxygens (including phenoxy) is 2. The van der Waals surface area contributed by atoms with Crippen molar-refractivity contribution in [3.05, 3.63) is 30.1 Å². The Bertz CT molecular complexity index is 902. The predicted molar refractivity (Wildman–Crippen MR) is 100 cm³/mol. The van der Waals surface area contributed by atoms with E-state index in [9.17, 15) is 8.42 Å². The molecular formula is C17H22N4O4S. The first-order valence-electron chi connectivity index (χ1n) is 8.20. The Kier molecular flexibility index (Phi) is 5.17. The zero-order valence-corrected chi connectivity index (χ0v) is 15.8. The number of aromatic nitrogens is 2. The van der Waals surface area contributed by atoms with E-state index in [1.165, 1.54) is 0 Å². The predicted octanol–water partition coefficient (Wildman–Crippen LogP) is 2.14. The molecule has 0 spiro atoms. The van der Waals surface area contributed by atoms with Crippen LogP contribution in [-0.4, -0.2) is 50.2 Å². The summed E-state index contributed by atoms with van der Waals surface area (Å²) in [7, 11) is 0.215. The minimum atomic E-state index is -2.95. The van der Waals surface area contributed by atoms with Gasteiger partial charge in [0.05, 0.1) is 25.7 Å². The highest BCUT2D eigenvalue weighted by molar-refractivity contribution is 7.91. The zero-order valence-electron chi connectivity index (χ0n) is 14.9. The molecule has 0 amide bonds. The van der Waals surface area contributed by atoms with Crippen LogP contribution >= 0.6 is 0 Å². The Balaban J connectivity index is 1.77. The quantitative estimate of drug-likeness (QED) is 0.788. The van der Waals surface area contributed by atoms with Crippen LogP contribution in [0.3, 0.4) is 0 Å². The van der Waals surface area contributed by atoms with E-state index in [0.717, 1.165) is 5.69 Å². The normalized spacial score (nSPS) is 18.3. The largest absolute Gasteiger partial charge is 0.493 e. The van der Waals surface area contributed by atoms with Gasteiger partial charge >= 0.3 is 0 Å². The number of nitrogens with one attached hydrogen (secondary N) is 2. The first kappa shape index (κ1) is 18.2. The number of hydrogen-bond acceptors (Lipinski definition) is 8. The number of aryl methyl sites for hydroxylation is 1. The smallest absolute Gasteiger partial charge is 0.162 e. The molecule has 0 radical (unpaired) electrons. The summed E-state index contributed by atoms with van der Waals surface area (Å²) in [6.45, 7) is 1.79. The van der Waals surface area contributed by atoms with Gasteiger partial charge in [-0.05, 0) is 25.5 Å². The van der Waals surface area contributed by atoms with Crippen molar-refractivity contribution in [1.82, 2.24) is 9.97 Å². The minimum Gasteiger partial charge on any atom is -0.493 e. The van der Waals surface area contributed by atoms with Crippen molar-refractivity contribution in [3.8, 4) is 11.5 Å². The molecule has 0 bridgehead atoms. The number of rotatable bonds is 6. The van der Waals surface area contributed by atoms with Gasteiger partial charge in [-0.1, -0.05) is 0 Å². The van der Waals surface area contributed by atoms with E-state index in [2.05, 4.69) is 20.6 Å². The molecule has 2 aromatic rings. The summed E-state index contributed by atoms with van der Waals surface area (Å²) in [5.41, 5.74) is 0.787. The molecule has 1 unspecified atom stereocenters. The molecule has 1 atom stereocenters. The van der Waals surface area contributed by atoms with Crippen molar-refractivity contribution in [2.45, 2.75) is 19.4 Å². The highest BCUT2D eigenvalue weighted by Crippen LogP contribution is 2.31. The molecule has 2 N–H and O–H groups in total. The second-order valence-electron chi connectivity index (χ2n) is 6.12. The molecule has 1 aliphatic heterocycles. The number of benzene rings is 1. The lowest BCUT2D eigenvalue weighted by Gasteiger charge is -2.14. The Morgan fingerprint density at radius 3 is 2.46 bits per heavy atom. The van der Waals surface area contributed by atoms with Gasteiger partial charge in [0.25, 0.3) is 0 Å². The maximum Gasteiger partial charge on any atom is 0.162 e. The molecule has 3 rings (SSSR count). The standard InChI is InChI=1S/C17H22N4O4S/c1-11-18-16(20-12-4-5-14(24-2)15(8-12)25-3)9-17(19-11)21-13-6-7-26(22,23)10-13/h4-5,8-9,13H,6-7,10H2,1-3H3,(H2,18,19,20,21). The van der Waals surface area contributed by atoms with E-state index in [4.69, 9.17) is 9.47 Å². The Labute approximate surface area is 152 Å². The molecule has 1 saturated heterocycles. The molecular weight excluding hydrogens is 356 g/mol. The maximum absolute atomic E-state index is 11.6. The van der Waals surface area contributed by atoms with Crippen molar-refractivity contribution in [2.75, 3.05) is 36.4 Å². The molecule has 1 aromatic carbocycles. The third kappa shape index (κ3) is 4.34. The van der Waals surface area contributed by atoms with Crippen LogP contribution in [0.1, 0.15) is 12.2 Å². The Hall–Kier alpha value is -2.55. The first-order chi connectivity index (χ1) is 12.4. The van der Waals surface area contributed by atoms with Gasteiger partial charge in [-0.15, -0.1) is 0 Å². The highest BCUT2D eigenvalue weighted by atomic mass is 32.2. The summed E-state index contributed by atoms with van der Waals surface area (Å²) >= 11 is 0. The van der Waals surface area contributed by atoms with E-state index < -0.39 is 9.84 Å². The molecule has 1 fully saturated rings. The molecule has 2 heterocycles. The summed E-state index contributed by atoms with van der Waals surface area (Å²) in [5.74, 6) is 3.38. The van der Waals surface area contributed by atoms with Gasteiger partial charge in [-0.3, -0.25) is 0 Å². The van der Waals surface area contributed by atoms with Gasteiger partial charge in [-0.2, -0.15) is 0 Å². The van der Waals surface area contributed by atoms with E-state index in [1.54, 1.807) is 33.3 Å². The fourth-order valence-electron chi connectivity index (χ4n) is 2.89. The number of nitrogens with zero attached hydrogens (tertiary/aromatic N) is 2. The van der Waals surface area contributed by atoms with E-state index in [0.29, 0.717) is 35.4 Å². The number of sulfone groups is 1. The highest BCUT2D eigenvalue weighted by Gasteiger charge is 2.28. The zero-order chi connectivity index (χ0) is 18.7. The van der Waals surface area contributed by atoms with Gasteiger partial charge in [0.2, 0.25) is 0 Å². The fourth-order valence-corrected chi connectivity index (χ4v) is 4.56. The van der Waals surface area contributed by atoms with E-state index in [-0.39, 0.29) is 17.5 Å². The molecule has 9 heteroatoms. The Morgan fingerprint density at radius 2 is 1.81 bits per heavy atom. The topological polar surface area (TPSA) is 102 Å². The SMILES string of the molecule is COc1ccc(Nc2cc(NC3CCS(=O)(=O)C3)nc(C)n2)cc1OC. The molecule has 1 aromatic heterocycles. The summed E-state index contributed by atoms with van der Waals surface area (Å²) in [5, 5.41) is 6.40.